The Balaban J connectivity index is 1.38. The van der Waals surface area contributed by atoms with Gasteiger partial charge in [0.25, 0.3) is 0 Å². The number of hydrogen-bond acceptors (Lipinski definition) is 4. The second-order valence-electron chi connectivity index (χ2n) is 7.81. The summed E-state index contributed by atoms with van der Waals surface area (Å²) < 4.78 is 5.80. The van der Waals surface area contributed by atoms with Crippen LogP contribution in [-0.2, 0) is 22.6 Å². The zero-order valence-electron chi connectivity index (χ0n) is 19.2. The van der Waals surface area contributed by atoms with Crippen molar-refractivity contribution in [2.45, 2.75) is 32.3 Å². The Bertz CT molecular complexity index is 1080. The van der Waals surface area contributed by atoms with Gasteiger partial charge in [-0.25, -0.2) is 0 Å². The van der Waals surface area contributed by atoms with Crippen LogP contribution < -0.4 is 15.0 Å². The quantitative estimate of drug-likeness (QED) is 0.431. The van der Waals surface area contributed by atoms with Crippen molar-refractivity contribution in [3.63, 3.8) is 0 Å². The van der Waals surface area contributed by atoms with Gasteiger partial charge in [0.15, 0.2) is 0 Å². The van der Waals surface area contributed by atoms with Gasteiger partial charge in [-0.15, -0.1) is 0 Å². The maximum absolute atomic E-state index is 12.6. The average Bonchev–Trinajstić information content (AvgIpc) is 2.88. The van der Waals surface area contributed by atoms with Crippen molar-refractivity contribution in [2.24, 2.45) is 0 Å². The number of rotatable bonds is 12. The Morgan fingerprint density at radius 3 is 2.21 bits per heavy atom. The SMILES string of the molecule is N#CCCN(C(=O)CCC(=O)NCCc1ccc(OCc2ccccc2)cc1)c1ccccc1. The maximum Gasteiger partial charge on any atom is 0.227 e. The van der Waals surface area contributed by atoms with Gasteiger partial charge in [0.1, 0.15) is 12.4 Å². The summed E-state index contributed by atoms with van der Waals surface area (Å²) in [6.07, 6.45) is 1.14. The Labute approximate surface area is 200 Å². The van der Waals surface area contributed by atoms with Crippen LogP contribution in [0.4, 0.5) is 5.69 Å². The third-order valence-corrected chi connectivity index (χ3v) is 5.29. The largest absolute Gasteiger partial charge is 0.489 e. The standard InChI is InChI=1S/C28H29N3O3/c29-19-7-21-31(25-10-5-2-6-11-25)28(33)17-16-27(32)30-20-18-23-12-14-26(15-13-23)34-22-24-8-3-1-4-9-24/h1-6,8-15H,7,16-18,20-22H2,(H,30,32). The highest BCUT2D eigenvalue weighted by Crippen LogP contribution is 2.16. The first-order valence-corrected chi connectivity index (χ1v) is 11.4. The van der Waals surface area contributed by atoms with Crippen molar-refractivity contribution in [1.82, 2.24) is 5.32 Å². The number of amides is 2. The molecule has 0 aliphatic carbocycles. The van der Waals surface area contributed by atoms with E-state index in [4.69, 9.17) is 10.00 Å². The van der Waals surface area contributed by atoms with Crippen LogP contribution in [0.15, 0.2) is 84.9 Å². The number of anilines is 1. The minimum Gasteiger partial charge on any atom is -0.489 e. The van der Waals surface area contributed by atoms with Crippen LogP contribution in [0.2, 0.25) is 0 Å². The molecule has 6 nitrogen and oxygen atoms in total. The first kappa shape index (κ1) is 24.5. The lowest BCUT2D eigenvalue weighted by Gasteiger charge is -2.21. The number of nitrogens with one attached hydrogen (secondary N) is 1. The Morgan fingerprint density at radius 1 is 0.853 bits per heavy atom. The second kappa shape index (κ2) is 13.4. The number of para-hydroxylation sites is 1. The molecule has 2 amide bonds. The molecule has 3 aromatic rings. The van der Waals surface area contributed by atoms with Crippen LogP contribution in [0.3, 0.4) is 0 Å². The summed E-state index contributed by atoms with van der Waals surface area (Å²) in [5, 5.41) is 11.8. The number of ether oxygens (including phenoxy) is 1. The summed E-state index contributed by atoms with van der Waals surface area (Å²) in [5.41, 5.74) is 2.94. The van der Waals surface area contributed by atoms with E-state index < -0.39 is 0 Å². The van der Waals surface area contributed by atoms with E-state index in [9.17, 15) is 9.59 Å². The highest BCUT2D eigenvalue weighted by atomic mass is 16.5. The molecule has 0 unspecified atom stereocenters. The molecule has 0 fully saturated rings. The van der Waals surface area contributed by atoms with E-state index in [1.807, 2.05) is 84.9 Å². The molecule has 34 heavy (non-hydrogen) atoms. The van der Waals surface area contributed by atoms with E-state index in [2.05, 4.69) is 11.4 Å². The normalized spacial score (nSPS) is 10.2. The molecule has 3 aromatic carbocycles. The lowest BCUT2D eigenvalue weighted by atomic mass is 10.1. The van der Waals surface area contributed by atoms with Gasteiger partial charge in [-0.05, 0) is 41.8 Å². The summed E-state index contributed by atoms with van der Waals surface area (Å²) in [6, 6.07) is 29.1. The minimum atomic E-state index is -0.164. The smallest absolute Gasteiger partial charge is 0.227 e. The van der Waals surface area contributed by atoms with Crippen molar-refractivity contribution >= 4 is 17.5 Å². The first-order chi connectivity index (χ1) is 16.7. The van der Waals surface area contributed by atoms with Gasteiger partial charge in [-0.1, -0.05) is 60.7 Å². The molecule has 0 aromatic heterocycles. The number of nitrogens with zero attached hydrogens (tertiary/aromatic N) is 2. The van der Waals surface area contributed by atoms with E-state index in [-0.39, 0.29) is 31.1 Å². The molecule has 0 bridgehead atoms. The molecule has 0 aliphatic rings. The van der Waals surface area contributed by atoms with Crippen molar-refractivity contribution in [3.8, 4) is 11.8 Å². The summed E-state index contributed by atoms with van der Waals surface area (Å²) in [6.45, 7) is 1.33. The van der Waals surface area contributed by atoms with Crippen molar-refractivity contribution in [1.29, 1.82) is 5.26 Å². The topological polar surface area (TPSA) is 82.4 Å². The van der Waals surface area contributed by atoms with Gasteiger partial charge in [0.05, 0.1) is 12.5 Å². The molecule has 1 N–H and O–H groups in total. The number of carbonyl (C=O) groups is 2. The van der Waals surface area contributed by atoms with Gasteiger partial charge >= 0.3 is 0 Å². The minimum absolute atomic E-state index is 0.0968. The zero-order chi connectivity index (χ0) is 24.0. The van der Waals surface area contributed by atoms with Gasteiger partial charge in [-0.3, -0.25) is 9.59 Å². The molecule has 0 radical (unpaired) electrons. The Hall–Kier alpha value is -4.11. The molecule has 0 spiro atoms. The van der Waals surface area contributed by atoms with Gasteiger partial charge in [-0.2, -0.15) is 5.26 Å². The number of hydrogen-bond donors (Lipinski definition) is 1. The van der Waals surface area contributed by atoms with E-state index in [1.54, 1.807) is 4.90 Å². The van der Waals surface area contributed by atoms with Gasteiger partial charge in [0.2, 0.25) is 11.8 Å². The van der Waals surface area contributed by atoms with E-state index in [1.165, 1.54) is 0 Å². The zero-order valence-corrected chi connectivity index (χ0v) is 19.2. The predicted octanol–water partition coefficient (Wildman–Crippen LogP) is 4.65. The summed E-state index contributed by atoms with van der Waals surface area (Å²) in [7, 11) is 0. The highest BCUT2D eigenvalue weighted by molar-refractivity contribution is 5.95. The molecular weight excluding hydrogens is 426 g/mol. The molecule has 0 heterocycles. The number of carbonyl (C=O) groups excluding carboxylic acids is 2. The van der Waals surface area contributed by atoms with Crippen molar-refractivity contribution in [3.05, 3.63) is 96.1 Å². The number of benzene rings is 3. The predicted molar refractivity (Wildman–Crippen MR) is 132 cm³/mol. The van der Waals surface area contributed by atoms with E-state index in [0.717, 1.165) is 22.6 Å². The van der Waals surface area contributed by atoms with Crippen molar-refractivity contribution < 1.29 is 14.3 Å². The van der Waals surface area contributed by atoms with Crippen LogP contribution in [0.1, 0.15) is 30.4 Å². The van der Waals surface area contributed by atoms with Crippen LogP contribution in [-0.4, -0.2) is 24.9 Å². The lowest BCUT2D eigenvalue weighted by Crippen LogP contribution is -2.33. The molecular formula is C28H29N3O3. The molecule has 0 atom stereocenters. The Morgan fingerprint density at radius 2 is 1.53 bits per heavy atom. The van der Waals surface area contributed by atoms with E-state index >= 15 is 0 Å². The van der Waals surface area contributed by atoms with Crippen LogP contribution in [0.25, 0.3) is 0 Å². The summed E-state index contributed by atoms with van der Waals surface area (Å²) in [4.78, 5) is 26.4. The van der Waals surface area contributed by atoms with E-state index in [0.29, 0.717) is 26.1 Å². The fourth-order valence-electron chi connectivity index (χ4n) is 3.45. The molecule has 6 heteroatoms. The molecule has 0 aliphatic heterocycles. The average molecular weight is 456 g/mol. The fraction of sp³-hybridized carbons (Fsp3) is 0.250. The van der Waals surface area contributed by atoms with Gasteiger partial charge < -0.3 is 15.0 Å². The second-order valence-corrected chi connectivity index (χ2v) is 7.81. The Kier molecular flexibility index (Phi) is 9.70. The van der Waals surface area contributed by atoms with Crippen LogP contribution in [0, 0.1) is 11.3 Å². The molecule has 0 saturated heterocycles. The van der Waals surface area contributed by atoms with Gasteiger partial charge in [0, 0.05) is 31.6 Å². The summed E-state index contributed by atoms with van der Waals surface area (Å²) in [5.74, 6) is 0.474. The molecule has 3 rings (SSSR count). The maximum atomic E-state index is 12.6. The fourth-order valence-corrected chi connectivity index (χ4v) is 3.45. The van der Waals surface area contributed by atoms with Crippen LogP contribution in [0.5, 0.6) is 5.75 Å². The summed E-state index contributed by atoms with van der Waals surface area (Å²) >= 11 is 0. The number of nitriles is 1. The molecule has 0 saturated carbocycles. The third-order valence-electron chi connectivity index (χ3n) is 5.29. The monoisotopic (exact) mass is 455 g/mol. The first-order valence-electron chi connectivity index (χ1n) is 11.4. The lowest BCUT2D eigenvalue weighted by molar-refractivity contribution is -0.125. The van der Waals surface area contributed by atoms with Crippen LogP contribution >= 0.6 is 0 Å². The highest BCUT2D eigenvalue weighted by Gasteiger charge is 2.16. The third kappa shape index (κ3) is 8.10. The molecule has 174 valence electrons. The van der Waals surface area contributed by atoms with Crippen molar-refractivity contribution in [2.75, 3.05) is 18.0 Å².